The number of benzene rings is 1. The lowest BCUT2D eigenvalue weighted by Crippen LogP contribution is -2.60. The molecule has 1 saturated heterocycles. The van der Waals surface area contributed by atoms with Crippen molar-refractivity contribution in [2.75, 3.05) is 34.5 Å². The largest absolute Gasteiger partial charge is 0.502 e. The van der Waals surface area contributed by atoms with Gasteiger partial charge < -0.3 is 58.7 Å². The van der Waals surface area contributed by atoms with E-state index < -0.39 is 67.4 Å². The van der Waals surface area contributed by atoms with Gasteiger partial charge in [0.25, 0.3) is 0 Å². The molecule has 0 amide bonds. The van der Waals surface area contributed by atoms with E-state index in [-0.39, 0.29) is 29.4 Å². The van der Waals surface area contributed by atoms with E-state index in [1.54, 1.807) is 6.08 Å². The molecule has 14 heteroatoms. The van der Waals surface area contributed by atoms with Gasteiger partial charge in [-0.1, -0.05) is 6.08 Å². The minimum Gasteiger partial charge on any atom is -0.502 e. The highest BCUT2D eigenvalue weighted by Gasteiger charge is 2.50. The summed E-state index contributed by atoms with van der Waals surface area (Å²) in [6, 6.07) is 2.94. The highest BCUT2D eigenvalue weighted by Crippen LogP contribution is 2.44. The summed E-state index contributed by atoms with van der Waals surface area (Å²) >= 11 is 0. The fourth-order valence-electron chi connectivity index (χ4n) is 5.11. The molecule has 2 aliphatic heterocycles. The number of rotatable bonds is 10. The Labute approximate surface area is 240 Å². The number of allylic oxidation sites excluding steroid dienone is 1. The SMILES string of the molecule is COC(=O)C1=CO[C@@H](O[C@@H]2O[C@H](COC(=O)/C=C/c3cc(OC)c(O)c(OC)c3)[C@@H](O)[C@H](O)[C@H]2O)[C@H]2C(CO)=CC[C@@H]12. The average molecular weight is 595 g/mol. The van der Waals surface area contributed by atoms with Gasteiger partial charge >= 0.3 is 11.9 Å². The number of carbonyl (C=O) groups is 2. The normalized spacial score (nSPS) is 30.5. The van der Waals surface area contributed by atoms with Crippen molar-refractivity contribution in [2.24, 2.45) is 11.8 Å². The van der Waals surface area contributed by atoms with E-state index in [4.69, 9.17) is 33.2 Å². The lowest BCUT2D eigenvalue weighted by molar-refractivity contribution is -0.339. The van der Waals surface area contributed by atoms with Crippen LogP contribution in [0.5, 0.6) is 17.2 Å². The zero-order chi connectivity index (χ0) is 30.6. The van der Waals surface area contributed by atoms with Crippen molar-refractivity contribution < 1.29 is 68.3 Å². The van der Waals surface area contributed by atoms with Gasteiger partial charge in [0.15, 0.2) is 17.8 Å². The molecule has 1 aromatic carbocycles. The number of phenols is 1. The van der Waals surface area contributed by atoms with Gasteiger partial charge in [0.05, 0.1) is 45.7 Å². The highest BCUT2D eigenvalue weighted by atomic mass is 16.8. The Morgan fingerprint density at radius 1 is 1.02 bits per heavy atom. The fourth-order valence-corrected chi connectivity index (χ4v) is 5.11. The van der Waals surface area contributed by atoms with E-state index in [0.29, 0.717) is 17.6 Å². The van der Waals surface area contributed by atoms with Crippen LogP contribution in [0.3, 0.4) is 0 Å². The Bertz CT molecular complexity index is 1210. The zero-order valence-electron chi connectivity index (χ0n) is 23.1. The van der Waals surface area contributed by atoms with Gasteiger partial charge in [-0.25, -0.2) is 9.59 Å². The van der Waals surface area contributed by atoms with Crippen molar-refractivity contribution in [2.45, 2.75) is 43.4 Å². The van der Waals surface area contributed by atoms with E-state index in [9.17, 15) is 35.1 Å². The molecule has 3 aliphatic rings. The molecule has 0 aromatic heterocycles. The Morgan fingerprint density at radius 3 is 2.33 bits per heavy atom. The summed E-state index contributed by atoms with van der Waals surface area (Å²) in [4.78, 5) is 24.6. The van der Waals surface area contributed by atoms with Crippen molar-refractivity contribution in [3.05, 3.63) is 47.3 Å². The molecule has 42 heavy (non-hydrogen) atoms. The van der Waals surface area contributed by atoms with Crippen molar-refractivity contribution in [3.63, 3.8) is 0 Å². The monoisotopic (exact) mass is 594 g/mol. The van der Waals surface area contributed by atoms with Gasteiger partial charge in [-0.05, 0) is 35.8 Å². The first kappa shape index (κ1) is 31.3. The van der Waals surface area contributed by atoms with Crippen LogP contribution in [0, 0.1) is 11.8 Å². The predicted molar refractivity (Wildman–Crippen MR) is 141 cm³/mol. The number of ether oxygens (including phenoxy) is 7. The van der Waals surface area contributed by atoms with Gasteiger partial charge in [0, 0.05) is 12.0 Å². The van der Waals surface area contributed by atoms with Crippen LogP contribution >= 0.6 is 0 Å². The summed E-state index contributed by atoms with van der Waals surface area (Å²) in [5.41, 5.74) is 1.26. The zero-order valence-corrected chi connectivity index (χ0v) is 23.1. The molecule has 230 valence electrons. The van der Waals surface area contributed by atoms with Crippen LogP contribution in [-0.4, -0.2) is 109 Å². The molecule has 0 spiro atoms. The Balaban J connectivity index is 1.42. The number of aromatic hydroxyl groups is 1. The van der Waals surface area contributed by atoms with Gasteiger partial charge in [-0.3, -0.25) is 0 Å². The second-order valence-electron chi connectivity index (χ2n) is 9.76. The Kier molecular flexibility index (Phi) is 10.1. The molecule has 0 saturated carbocycles. The van der Waals surface area contributed by atoms with Gasteiger partial charge in [0.2, 0.25) is 12.0 Å². The number of methoxy groups -OCH3 is 3. The minimum absolute atomic E-state index is 0.129. The highest BCUT2D eigenvalue weighted by molar-refractivity contribution is 5.89. The molecular weight excluding hydrogens is 560 g/mol. The number of hydrogen-bond donors (Lipinski definition) is 5. The first-order valence-electron chi connectivity index (χ1n) is 13.0. The molecule has 4 rings (SSSR count). The minimum atomic E-state index is -1.73. The van der Waals surface area contributed by atoms with Crippen LogP contribution in [-0.2, 0) is 33.3 Å². The lowest BCUT2D eigenvalue weighted by Gasteiger charge is -2.43. The number of hydrogen-bond acceptors (Lipinski definition) is 14. The molecule has 5 N–H and O–H groups in total. The Hall–Kier alpha value is -3.66. The van der Waals surface area contributed by atoms with Crippen LogP contribution < -0.4 is 9.47 Å². The third-order valence-electron chi connectivity index (χ3n) is 7.36. The smallest absolute Gasteiger partial charge is 0.337 e. The molecular formula is C28H34O14. The average Bonchev–Trinajstić information content (AvgIpc) is 3.44. The molecule has 1 fully saturated rings. The molecule has 0 unspecified atom stereocenters. The topological polar surface area (TPSA) is 200 Å². The second kappa shape index (κ2) is 13.5. The first-order chi connectivity index (χ1) is 20.1. The molecule has 8 atom stereocenters. The van der Waals surface area contributed by atoms with Crippen molar-refractivity contribution in [1.29, 1.82) is 0 Å². The van der Waals surface area contributed by atoms with E-state index in [0.717, 1.165) is 6.08 Å². The maximum Gasteiger partial charge on any atom is 0.337 e. The van der Waals surface area contributed by atoms with Gasteiger partial charge in [-0.2, -0.15) is 0 Å². The molecule has 2 heterocycles. The number of fused-ring (bicyclic) bond motifs is 1. The van der Waals surface area contributed by atoms with E-state index in [1.165, 1.54) is 45.8 Å². The molecule has 14 nitrogen and oxygen atoms in total. The van der Waals surface area contributed by atoms with Crippen LogP contribution in [0.1, 0.15) is 12.0 Å². The standard InChI is InChI=1S/C28H34O14/c1-36-17-8-13(9-18(37-2)22(17)31)4-7-20(30)39-12-19-23(32)24(33)25(34)28(41-19)42-27-21-14(10-29)5-6-15(21)16(11-40-27)26(35)38-3/h4-5,7-9,11,15,19,21,23-25,27-29,31-34H,6,10,12H2,1-3H3/b7-4+/t15-,19+,21-,23+,24-,25+,27-,28-/m0/s1. The summed E-state index contributed by atoms with van der Waals surface area (Å²) in [6.07, 6.45) is -3.18. The van der Waals surface area contributed by atoms with Crippen molar-refractivity contribution >= 4 is 18.0 Å². The number of aliphatic hydroxyl groups excluding tert-OH is 4. The summed E-state index contributed by atoms with van der Waals surface area (Å²) in [5.74, 6) is -2.40. The third kappa shape index (κ3) is 6.38. The summed E-state index contributed by atoms with van der Waals surface area (Å²) in [6.45, 7) is -0.841. The number of carbonyl (C=O) groups excluding carboxylic acids is 2. The van der Waals surface area contributed by atoms with Crippen LogP contribution in [0.4, 0.5) is 0 Å². The van der Waals surface area contributed by atoms with Crippen LogP contribution in [0.25, 0.3) is 6.08 Å². The number of aliphatic hydroxyl groups is 4. The molecule has 1 aromatic rings. The third-order valence-corrected chi connectivity index (χ3v) is 7.36. The first-order valence-corrected chi connectivity index (χ1v) is 13.0. The van der Waals surface area contributed by atoms with Crippen LogP contribution in [0.15, 0.2) is 41.7 Å². The maximum absolute atomic E-state index is 12.4. The number of esters is 2. The quantitative estimate of drug-likeness (QED) is 0.135. The summed E-state index contributed by atoms with van der Waals surface area (Å²) < 4.78 is 37.3. The molecule has 0 radical (unpaired) electrons. The van der Waals surface area contributed by atoms with E-state index in [1.807, 2.05) is 0 Å². The second-order valence-corrected chi connectivity index (χ2v) is 9.76. The lowest BCUT2D eigenvalue weighted by atomic mass is 9.83. The maximum atomic E-state index is 12.4. The van der Waals surface area contributed by atoms with Crippen molar-refractivity contribution in [1.82, 2.24) is 0 Å². The molecule has 1 aliphatic carbocycles. The van der Waals surface area contributed by atoms with E-state index >= 15 is 0 Å². The Morgan fingerprint density at radius 2 is 1.71 bits per heavy atom. The summed E-state index contributed by atoms with van der Waals surface area (Å²) in [7, 11) is 3.96. The predicted octanol–water partition coefficient (Wildman–Crippen LogP) is -0.242. The fraction of sp³-hybridized carbons (Fsp3) is 0.500. The van der Waals surface area contributed by atoms with Gasteiger partial charge in [-0.15, -0.1) is 0 Å². The number of phenolic OH excluding ortho intramolecular Hbond substituents is 1. The molecule has 0 bridgehead atoms. The van der Waals surface area contributed by atoms with Gasteiger partial charge in [0.1, 0.15) is 31.0 Å². The summed E-state index contributed by atoms with van der Waals surface area (Å²) in [5, 5.41) is 51.4. The van der Waals surface area contributed by atoms with Crippen LogP contribution in [0.2, 0.25) is 0 Å². The van der Waals surface area contributed by atoms with Crippen molar-refractivity contribution in [3.8, 4) is 17.2 Å². The van der Waals surface area contributed by atoms with E-state index in [2.05, 4.69) is 0 Å².